The molecule has 0 aromatic heterocycles. The van der Waals surface area contributed by atoms with Crippen molar-refractivity contribution in [1.29, 1.82) is 0 Å². The molecule has 2 heteroatoms. The zero-order valence-electron chi connectivity index (χ0n) is 9.96. The van der Waals surface area contributed by atoms with Gasteiger partial charge in [-0.05, 0) is 41.8 Å². The quantitative estimate of drug-likeness (QED) is 0.646. The molecule has 1 unspecified atom stereocenters. The molecular formula is C11H24N2. The van der Waals surface area contributed by atoms with E-state index in [0.717, 1.165) is 12.2 Å². The minimum absolute atomic E-state index is 0.535. The predicted octanol–water partition coefficient (Wildman–Crippen LogP) is 2.18. The second-order valence-corrected chi connectivity index (χ2v) is 4.35. The SMILES string of the molecule is C=C(C)N(C(C)C)C(C)CN(C)C. The first kappa shape index (κ1) is 12.5. The van der Waals surface area contributed by atoms with Crippen LogP contribution in [0.25, 0.3) is 0 Å². The van der Waals surface area contributed by atoms with E-state index in [4.69, 9.17) is 0 Å². The van der Waals surface area contributed by atoms with Gasteiger partial charge in [-0.1, -0.05) is 6.58 Å². The first-order chi connectivity index (χ1) is 5.86. The smallest absolute Gasteiger partial charge is 0.0388 e. The van der Waals surface area contributed by atoms with Gasteiger partial charge in [0.05, 0.1) is 0 Å². The van der Waals surface area contributed by atoms with Crippen LogP contribution in [-0.4, -0.2) is 42.5 Å². The highest BCUT2D eigenvalue weighted by Crippen LogP contribution is 2.12. The molecule has 0 aliphatic rings. The molecule has 0 radical (unpaired) electrons. The first-order valence-electron chi connectivity index (χ1n) is 4.94. The van der Waals surface area contributed by atoms with Crippen LogP contribution in [0.2, 0.25) is 0 Å². The third kappa shape index (κ3) is 4.32. The van der Waals surface area contributed by atoms with E-state index in [-0.39, 0.29) is 0 Å². The van der Waals surface area contributed by atoms with E-state index in [1.807, 2.05) is 0 Å². The summed E-state index contributed by atoms with van der Waals surface area (Å²) in [7, 11) is 4.21. The lowest BCUT2D eigenvalue weighted by Gasteiger charge is -2.36. The van der Waals surface area contributed by atoms with Gasteiger partial charge >= 0.3 is 0 Å². The van der Waals surface area contributed by atoms with Gasteiger partial charge < -0.3 is 9.80 Å². The van der Waals surface area contributed by atoms with Gasteiger partial charge in [0.2, 0.25) is 0 Å². The molecule has 78 valence electrons. The summed E-state index contributed by atoms with van der Waals surface area (Å²) in [5, 5.41) is 0. The minimum Gasteiger partial charge on any atom is -0.369 e. The Bertz CT molecular complexity index is 161. The van der Waals surface area contributed by atoms with Gasteiger partial charge in [0, 0.05) is 24.3 Å². The van der Waals surface area contributed by atoms with E-state index in [1.165, 1.54) is 0 Å². The molecule has 0 N–H and O–H groups in total. The van der Waals surface area contributed by atoms with Crippen LogP contribution in [0.3, 0.4) is 0 Å². The van der Waals surface area contributed by atoms with Crippen LogP contribution < -0.4 is 0 Å². The third-order valence-electron chi connectivity index (χ3n) is 2.10. The molecule has 0 bridgehead atoms. The largest absolute Gasteiger partial charge is 0.369 e. The Balaban J connectivity index is 4.28. The molecule has 0 saturated heterocycles. The topological polar surface area (TPSA) is 6.48 Å². The van der Waals surface area contributed by atoms with E-state index < -0.39 is 0 Å². The Morgan fingerprint density at radius 3 is 1.92 bits per heavy atom. The molecule has 0 aliphatic heterocycles. The zero-order valence-corrected chi connectivity index (χ0v) is 9.96. The molecule has 0 amide bonds. The van der Waals surface area contributed by atoms with Crippen LogP contribution in [0, 0.1) is 0 Å². The monoisotopic (exact) mass is 184 g/mol. The second-order valence-electron chi connectivity index (χ2n) is 4.35. The molecule has 0 aromatic rings. The van der Waals surface area contributed by atoms with Crippen molar-refractivity contribution in [3.05, 3.63) is 12.3 Å². The highest BCUT2D eigenvalue weighted by Gasteiger charge is 2.16. The molecule has 0 saturated carbocycles. The van der Waals surface area contributed by atoms with Gasteiger partial charge in [-0.25, -0.2) is 0 Å². The molecule has 0 spiro atoms. The Morgan fingerprint density at radius 2 is 1.69 bits per heavy atom. The summed E-state index contributed by atoms with van der Waals surface area (Å²) >= 11 is 0. The van der Waals surface area contributed by atoms with Crippen molar-refractivity contribution >= 4 is 0 Å². The van der Waals surface area contributed by atoms with Gasteiger partial charge in [-0.3, -0.25) is 0 Å². The number of hydrogen-bond donors (Lipinski definition) is 0. The molecule has 0 rings (SSSR count). The van der Waals surface area contributed by atoms with E-state index in [2.05, 4.69) is 58.2 Å². The van der Waals surface area contributed by atoms with Gasteiger partial charge in [0.1, 0.15) is 0 Å². The molecule has 0 aliphatic carbocycles. The molecule has 0 aromatic carbocycles. The average Bonchev–Trinajstić information content (AvgIpc) is 1.81. The maximum absolute atomic E-state index is 4.01. The summed E-state index contributed by atoms with van der Waals surface area (Å²) in [5.41, 5.74) is 1.16. The normalized spacial score (nSPS) is 13.5. The Labute approximate surface area is 83.2 Å². The lowest BCUT2D eigenvalue weighted by atomic mass is 10.2. The molecule has 0 heterocycles. The number of rotatable bonds is 5. The fourth-order valence-electron chi connectivity index (χ4n) is 1.94. The van der Waals surface area contributed by atoms with Crippen molar-refractivity contribution in [3.8, 4) is 0 Å². The Morgan fingerprint density at radius 1 is 1.23 bits per heavy atom. The predicted molar refractivity (Wildman–Crippen MR) is 59.8 cm³/mol. The van der Waals surface area contributed by atoms with Gasteiger partial charge in [-0.15, -0.1) is 0 Å². The molecule has 2 nitrogen and oxygen atoms in total. The molecule has 0 fully saturated rings. The van der Waals surface area contributed by atoms with Crippen molar-refractivity contribution in [1.82, 2.24) is 9.80 Å². The molecule has 13 heavy (non-hydrogen) atoms. The summed E-state index contributed by atoms with van der Waals surface area (Å²) in [6.07, 6.45) is 0. The summed E-state index contributed by atoms with van der Waals surface area (Å²) in [6.45, 7) is 13.8. The number of likely N-dealkylation sites (N-methyl/N-ethyl adjacent to an activating group) is 1. The standard InChI is InChI=1S/C11H24N2/c1-9(2)13(10(3)4)11(5)8-12(6)7/h10-11H,1,8H2,2-7H3. The van der Waals surface area contributed by atoms with Crippen molar-refractivity contribution in [2.24, 2.45) is 0 Å². The fraction of sp³-hybridized carbons (Fsp3) is 0.818. The summed E-state index contributed by atoms with van der Waals surface area (Å²) in [4.78, 5) is 4.57. The molecule has 1 atom stereocenters. The minimum atomic E-state index is 0.535. The van der Waals surface area contributed by atoms with Gasteiger partial charge in [0.15, 0.2) is 0 Å². The van der Waals surface area contributed by atoms with Gasteiger partial charge in [0.25, 0.3) is 0 Å². The van der Waals surface area contributed by atoms with Crippen LogP contribution in [0.5, 0.6) is 0 Å². The maximum Gasteiger partial charge on any atom is 0.0388 e. The van der Waals surface area contributed by atoms with E-state index in [1.54, 1.807) is 0 Å². The van der Waals surface area contributed by atoms with Crippen LogP contribution in [0.15, 0.2) is 12.3 Å². The highest BCUT2D eigenvalue weighted by molar-refractivity contribution is 4.94. The number of allylic oxidation sites excluding steroid dienone is 1. The van der Waals surface area contributed by atoms with Crippen molar-refractivity contribution < 1.29 is 0 Å². The van der Waals surface area contributed by atoms with Crippen molar-refractivity contribution in [2.75, 3.05) is 20.6 Å². The van der Waals surface area contributed by atoms with Crippen molar-refractivity contribution in [2.45, 2.75) is 39.8 Å². The van der Waals surface area contributed by atoms with Crippen LogP contribution >= 0.6 is 0 Å². The first-order valence-corrected chi connectivity index (χ1v) is 4.94. The van der Waals surface area contributed by atoms with E-state index in [9.17, 15) is 0 Å². The highest BCUT2D eigenvalue weighted by atomic mass is 15.2. The lowest BCUT2D eigenvalue weighted by Crippen LogP contribution is -2.42. The van der Waals surface area contributed by atoms with Crippen LogP contribution in [-0.2, 0) is 0 Å². The van der Waals surface area contributed by atoms with Crippen LogP contribution in [0.4, 0.5) is 0 Å². The Hall–Kier alpha value is -0.500. The van der Waals surface area contributed by atoms with Gasteiger partial charge in [-0.2, -0.15) is 0 Å². The second kappa shape index (κ2) is 5.28. The van der Waals surface area contributed by atoms with Crippen molar-refractivity contribution in [3.63, 3.8) is 0 Å². The summed E-state index contributed by atoms with van der Waals surface area (Å²) < 4.78 is 0. The third-order valence-corrected chi connectivity index (χ3v) is 2.10. The fourth-order valence-corrected chi connectivity index (χ4v) is 1.94. The summed E-state index contributed by atoms with van der Waals surface area (Å²) in [6, 6.07) is 1.07. The van der Waals surface area contributed by atoms with E-state index >= 15 is 0 Å². The Kier molecular flexibility index (Phi) is 5.07. The number of hydrogen-bond acceptors (Lipinski definition) is 2. The zero-order chi connectivity index (χ0) is 10.6. The summed E-state index contributed by atoms with van der Waals surface area (Å²) in [5.74, 6) is 0. The number of nitrogens with zero attached hydrogens (tertiary/aromatic N) is 2. The lowest BCUT2D eigenvalue weighted by molar-refractivity contribution is 0.182. The average molecular weight is 184 g/mol. The maximum atomic E-state index is 4.01. The molecular weight excluding hydrogens is 160 g/mol. The van der Waals surface area contributed by atoms with E-state index in [0.29, 0.717) is 12.1 Å². The van der Waals surface area contributed by atoms with Crippen LogP contribution in [0.1, 0.15) is 27.7 Å².